The molecular weight excluding hydrogens is 256 g/mol. The molecule has 0 aliphatic rings. The number of rotatable bonds is 15. The quantitative estimate of drug-likeness (QED) is 0.188. The van der Waals surface area contributed by atoms with E-state index < -0.39 is 0 Å². The minimum Gasteiger partial charge on any atom is -0.103 e. The van der Waals surface area contributed by atoms with E-state index in [1.807, 2.05) is 12.2 Å². The molecule has 0 spiro atoms. The molecule has 0 fully saturated rings. The second-order valence-corrected chi connectivity index (χ2v) is 7.33. The second-order valence-electron chi connectivity index (χ2n) is 4.63. The minimum atomic E-state index is 1.19. The van der Waals surface area contributed by atoms with Crippen LogP contribution in [0.25, 0.3) is 0 Å². The number of hydrogen-bond acceptors (Lipinski definition) is 2. The smallest absolute Gasteiger partial charge is 0.00369 e. The Hall–Kier alpha value is 0.180. The fraction of sp³-hybridized carbons (Fsp3) is 0.750. The molecule has 0 nitrogen and oxygen atoms in total. The van der Waals surface area contributed by atoms with Gasteiger partial charge in [-0.25, -0.2) is 0 Å². The highest BCUT2D eigenvalue weighted by molar-refractivity contribution is 8.76. The van der Waals surface area contributed by atoms with E-state index in [2.05, 4.69) is 34.7 Å². The highest BCUT2D eigenvalue weighted by atomic mass is 33.1. The third-order valence-electron chi connectivity index (χ3n) is 2.86. The highest BCUT2D eigenvalue weighted by Crippen LogP contribution is 2.24. The average molecular weight is 287 g/mol. The maximum atomic E-state index is 3.75. The van der Waals surface area contributed by atoms with Crippen molar-refractivity contribution in [3.05, 3.63) is 25.3 Å². The van der Waals surface area contributed by atoms with E-state index in [0.29, 0.717) is 0 Å². The third-order valence-corrected chi connectivity index (χ3v) is 5.43. The number of unbranched alkanes of at least 4 members (excludes halogenated alkanes) is 8. The SMILES string of the molecule is C=CCCCCCCSSCCCCCCC=C. The van der Waals surface area contributed by atoms with E-state index in [0.717, 1.165) is 0 Å². The van der Waals surface area contributed by atoms with Crippen LogP contribution in [0.1, 0.15) is 64.2 Å². The molecule has 0 amide bonds. The summed E-state index contributed by atoms with van der Waals surface area (Å²) in [4.78, 5) is 0. The Kier molecular flexibility index (Phi) is 17.4. The molecule has 0 rings (SSSR count). The Labute approximate surface area is 122 Å². The van der Waals surface area contributed by atoms with Crippen molar-refractivity contribution in [2.75, 3.05) is 11.5 Å². The minimum absolute atomic E-state index is 1.19. The predicted octanol–water partition coefficient (Wildman–Crippen LogP) is 6.64. The Morgan fingerprint density at radius 1 is 0.556 bits per heavy atom. The first-order chi connectivity index (χ1) is 8.91. The van der Waals surface area contributed by atoms with Gasteiger partial charge < -0.3 is 0 Å². The summed E-state index contributed by atoms with van der Waals surface area (Å²) in [6, 6.07) is 0. The summed E-state index contributed by atoms with van der Waals surface area (Å²) in [5, 5.41) is 0. The molecule has 18 heavy (non-hydrogen) atoms. The normalized spacial score (nSPS) is 10.4. The predicted molar refractivity (Wildman–Crippen MR) is 91.5 cm³/mol. The van der Waals surface area contributed by atoms with Crippen molar-refractivity contribution in [3.8, 4) is 0 Å². The van der Waals surface area contributed by atoms with Gasteiger partial charge in [0.2, 0.25) is 0 Å². The van der Waals surface area contributed by atoms with Crippen molar-refractivity contribution in [2.24, 2.45) is 0 Å². The van der Waals surface area contributed by atoms with Gasteiger partial charge in [0.25, 0.3) is 0 Å². The molecule has 0 aromatic rings. The van der Waals surface area contributed by atoms with E-state index in [-0.39, 0.29) is 0 Å². The Morgan fingerprint density at radius 2 is 0.944 bits per heavy atom. The summed E-state index contributed by atoms with van der Waals surface area (Å²) in [6.07, 6.45) is 17.4. The zero-order valence-corrected chi connectivity index (χ0v) is 13.5. The molecule has 0 unspecified atom stereocenters. The van der Waals surface area contributed by atoms with Crippen molar-refractivity contribution in [1.82, 2.24) is 0 Å². The third kappa shape index (κ3) is 16.2. The summed E-state index contributed by atoms with van der Waals surface area (Å²) >= 11 is 0. The Morgan fingerprint density at radius 3 is 1.33 bits per heavy atom. The lowest BCUT2D eigenvalue weighted by atomic mass is 10.2. The van der Waals surface area contributed by atoms with Crippen LogP contribution in [0.5, 0.6) is 0 Å². The molecule has 0 atom stereocenters. The molecule has 0 aliphatic carbocycles. The molecule has 0 saturated carbocycles. The van der Waals surface area contributed by atoms with Crippen LogP contribution in [-0.4, -0.2) is 11.5 Å². The summed E-state index contributed by atoms with van der Waals surface area (Å²) in [7, 11) is 4.13. The first kappa shape index (κ1) is 18.2. The van der Waals surface area contributed by atoms with Gasteiger partial charge in [-0.15, -0.1) is 13.2 Å². The van der Waals surface area contributed by atoms with Crippen molar-refractivity contribution in [2.45, 2.75) is 64.2 Å². The molecule has 0 saturated heterocycles. The zero-order valence-electron chi connectivity index (χ0n) is 11.9. The second kappa shape index (κ2) is 17.2. The molecule has 0 radical (unpaired) electrons. The molecule has 2 heteroatoms. The monoisotopic (exact) mass is 286 g/mol. The first-order valence-corrected chi connectivity index (χ1v) is 9.87. The van der Waals surface area contributed by atoms with Gasteiger partial charge in [0.05, 0.1) is 0 Å². The van der Waals surface area contributed by atoms with E-state index in [4.69, 9.17) is 0 Å². The molecule has 0 aromatic heterocycles. The molecule has 0 aromatic carbocycles. The largest absolute Gasteiger partial charge is 0.103 e. The number of allylic oxidation sites excluding steroid dienone is 2. The Balaban J connectivity index is 2.90. The van der Waals surface area contributed by atoms with Crippen LogP contribution in [0.4, 0.5) is 0 Å². The van der Waals surface area contributed by atoms with Gasteiger partial charge in [-0.05, 0) is 38.5 Å². The lowest BCUT2D eigenvalue weighted by Gasteiger charge is -2.02. The number of hydrogen-bond donors (Lipinski definition) is 0. The van der Waals surface area contributed by atoms with E-state index >= 15 is 0 Å². The molecule has 0 N–H and O–H groups in total. The van der Waals surface area contributed by atoms with Crippen LogP contribution < -0.4 is 0 Å². The van der Waals surface area contributed by atoms with Gasteiger partial charge in [0.15, 0.2) is 0 Å². The highest BCUT2D eigenvalue weighted by Gasteiger charge is 1.93. The summed E-state index contributed by atoms with van der Waals surface area (Å²) < 4.78 is 0. The lowest BCUT2D eigenvalue weighted by molar-refractivity contribution is 0.678. The standard InChI is InChI=1S/C16H30S2/c1-3-5-7-9-11-13-15-17-18-16-14-12-10-8-6-4-2/h3-4H,1-2,5-16H2. The fourth-order valence-corrected chi connectivity index (χ4v) is 4.02. The molecular formula is C16H30S2. The molecule has 0 bridgehead atoms. The van der Waals surface area contributed by atoms with Gasteiger partial charge in [-0.1, -0.05) is 59.4 Å². The van der Waals surface area contributed by atoms with Crippen LogP contribution in [0.15, 0.2) is 25.3 Å². The first-order valence-electron chi connectivity index (χ1n) is 7.38. The van der Waals surface area contributed by atoms with Crippen molar-refractivity contribution < 1.29 is 0 Å². The van der Waals surface area contributed by atoms with Crippen LogP contribution >= 0.6 is 21.6 Å². The van der Waals surface area contributed by atoms with Gasteiger partial charge in [0.1, 0.15) is 0 Å². The summed E-state index contributed by atoms with van der Waals surface area (Å²) in [5.74, 6) is 2.66. The van der Waals surface area contributed by atoms with Crippen molar-refractivity contribution in [1.29, 1.82) is 0 Å². The van der Waals surface area contributed by atoms with Gasteiger partial charge in [0, 0.05) is 11.5 Å². The van der Waals surface area contributed by atoms with Gasteiger partial charge in [-0.2, -0.15) is 0 Å². The van der Waals surface area contributed by atoms with Crippen LogP contribution in [0, 0.1) is 0 Å². The van der Waals surface area contributed by atoms with E-state index in [9.17, 15) is 0 Å². The Bertz CT molecular complexity index is 158. The summed E-state index contributed by atoms with van der Waals surface area (Å²) in [5.41, 5.74) is 0. The van der Waals surface area contributed by atoms with Gasteiger partial charge in [-0.3, -0.25) is 0 Å². The van der Waals surface area contributed by atoms with Crippen LogP contribution in [0.3, 0.4) is 0 Å². The molecule has 106 valence electrons. The van der Waals surface area contributed by atoms with Gasteiger partial charge >= 0.3 is 0 Å². The van der Waals surface area contributed by atoms with Crippen LogP contribution in [0.2, 0.25) is 0 Å². The van der Waals surface area contributed by atoms with Crippen molar-refractivity contribution in [3.63, 3.8) is 0 Å². The van der Waals surface area contributed by atoms with E-state index in [1.165, 1.54) is 75.7 Å². The maximum absolute atomic E-state index is 3.75. The topological polar surface area (TPSA) is 0 Å². The van der Waals surface area contributed by atoms with Crippen molar-refractivity contribution >= 4 is 21.6 Å². The zero-order chi connectivity index (χ0) is 13.3. The van der Waals surface area contributed by atoms with E-state index in [1.54, 1.807) is 0 Å². The fourth-order valence-electron chi connectivity index (χ4n) is 1.72. The molecule has 0 heterocycles. The van der Waals surface area contributed by atoms with Crippen LogP contribution in [-0.2, 0) is 0 Å². The summed E-state index contributed by atoms with van der Waals surface area (Å²) in [6.45, 7) is 7.50. The average Bonchev–Trinajstić information content (AvgIpc) is 2.39. The maximum Gasteiger partial charge on any atom is 0.00369 e. The lowest BCUT2D eigenvalue weighted by Crippen LogP contribution is -1.82. The molecule has 0 aliphatic heterocycles.